The van der Waals surface area contributed by atoms with Gasteiger partial charge in [0, 0.05) is 6.54 Å². The van der Waals surface area contributed by atoms with Crippen LogP contribution in [0.5, 0.6) is 0 Å². The first-order valence-corrected chi connectivity index (χ1v) is 5.86. The van der Waals surface area contributed by atoms with Gasteiger partial charge in [-0.15, -0.1) is 0 Å². The van der Waals surface area contributed by atoms with Crippen LogP contribution in [0.25, 0.3) is 11.0 Å². The number of aromatic nitrogens is 2. The van der Waals surface area contributed by atoms with Gasteiger partial charge >= 0.3 is 0 Å². The molecule has 1 heterocycles. The fourth-order valence-corrected chi connectivity index (χ4v) is 1.91. The quantitative estimate of drug-likeness (QED) is 0.637. The molecule has 0 spiro atoms. The molecule has 0 radical (unpaired) electrons. The Hall–Kier alpha value is -1.42. The molecule has 2 rings (SSSR count). The maximum Gasteiger partial charge on any atom is 0.0958 e. The molecule has 1 aromatic heterocycles. The van der Waals surface area contributed by atoms with E-state index in [1.165, 1.54) is 5.52 Å². The Morgan fingerprint density at radius 2 is 2.12 bits per heavy atom. The molecule has 0 unspecified atom stereocenters. The molecule has 2 N–H and O–H groups in total. The highest BCUT2D eigenvalue weighted by Crippen LogP contribution is 2.12. The second-order valence-corrected chi connectivity index (χ2v) is 4.37. The van der Waals surface area contributed by atoms with Gasteiger partial charge in [0.15, 0.2) is 0 Å². The fourth-order valence-electron chi connectivity index (χ4n) is 1.77. The van der Waals surface area contributed by atoms with E-state index in [4.69, 9.17) is 18.0 Å². The summed E-state index contributed by atoms with van der Waals surface area (Å²) in [6.07, 6.45) is 4.85. The highest BCUT2D eigenvalue weighted by atomic mass is 32.1. The predicted octanol–water partition coefficient (Wildman–Crippen LogP) is 2.49. The zero-order valence-corrected chi connectivity index (χ0v) is 9.91. The third kappa shape index (κ3) is 2.58. The number of fused-ring (bicyclic) bond motifs is 1. The third-order valence-corrected chi connectivity index (χ3v) is 2.80. The summed E-state index contributed by atoms with van der Waals surface area (Å²) in [4.78, 5) is 4.95. The Kier molecular flexibility index (Phi) is 3.51. The first-order valence-electron chi connectivity index (χ1n) is 5.45. The topological polar surface area (TPSA) is 43.8 Å². The zero-order chi connectivity index (χ0) is 11.4. The Morgan fingerprint density at radius 1 is 1.31 bits per heavy atom. The van der Waals surface area contributed by atoms with Gasteiger partial charge in [-0.05, 0) is 31.4 Å². The fraction of sp³-hybridized carbons (Fsp3) is 0.333. The average molecular weight is 233 g/mol. The number of para-hydroxylation sites is 2. The molecule has 2 aromatic rings. The van der Waals surface area contributed by atoms with Crippen molar-refractivity contribution in [1.29, 1.82) is 0 Å². The summed E-state index contributed by atoms with van der Waals surface area (Å²) in [7, 11) is 0. The smallest absolute Gasteiger partial charge is 0.0958 e. The standard InChI is InChI=1S/C12H15N3S/c13-12(16)7-3-4-8-15-9-14-10-5-1-2-6-11(10)15/h1-2,5-6,9H,3-4,7-8H2,(H2,13,16). The molecule has 0 saturated carbocycles. The summed E-state index contributed by atoms with van der Waals surface area (Å²) < 4.78 is 2.18. The van der Waals surface area contributed by atoms with Gasteiger partial charge in [0.25, 0.3) is 0 Å². The van der Waals surface area contributed by atoms with Gasteiger partial charge in [0.2, 0.25) is 0 Å². The number of hydrogen-bond donors (Lipinski definition) is 1. The second kappa shape index (κ2) is 5.07. The second-order valence-electron chi connectivity index (χ2n) is 3.85. The minimum Gasteiger partial charge on any atom is -0.393 e. The molecule has 0 bridgehead atoms. The maximum atomic E-state index is 5.45. The largest absolute Gasteiger partial charge is 0.393 e. The monoisotopic (exact) mass is 233 g/mol. The lowest BCUT2D eigenvalue weighted by Crippen LogP contribution is -2.07. The average Bonchev–Trinajstić information content (AvgIpc) is 2.68. The van der Waals surface area contributed by atoms with Crippen LogP contribution < -0.4 is 5.73 Å². The molecule has 4 heteroatoms. The molecule has 0 atom stereocenters. The van der Waals surface area contributed by atoms with E-state index >= 15 is 0 Å². The van der Waals surface area contributed by atoms with Crippen LogP contribution in [0.15, 0.2) is 30.6 Å². The number of rotatable bonds is 5. The molecule has 0 aliphatic carbocycles. The van der Waals surface area contributed by atoms with Gasteiger partial charge in [0.1, 0.15) is 0 Å². The highest BCUT2D eigenvalue weighted by molar-refractivity contribution is 7.80. The SMILES string of the molecule is NC(=S)CCCCn1cnc2ccccc21. The van der Waals surface area contributed by atoms with Crippen LogP contribution in [0.1, 0.15) is 19.3 Å². The molecular weight excluding hydrogens is 218 g/mol. The summed E-state index contributed by atoms with van der Waals surface area (Å²) in [5.41, 5.74) is 7.70. The van der Waals surface area contributed by atoms with Gasteiger partial charge in [-0.25, -0.2) is 4.98 Å². The number of hydrogen-bond acceptors (Lipinski definition) is 2. The van der Waals surface area contributed by atoms with Crippen molar-refractivity contribution < 1.29 is 0 Å². The van der Waals surface area contributed by atoms with Crippen LogP contribution in [0.2, 0.25) is 0 Å². The van der Waals surface area contributed by atoms with Gasteiger partial charge in [-0.2, -0.15) is 0 Å². The third-order valence-electron chi connectivity index (χ3n) is 2.60. The number of benzene rings is 1. The summed E-state index contributed by atoms with van der Waals surface area (Å²) in [5.74, 6) is 0. The molecule has 0 saturated heterocycles. The maximum absolute atomic E-state index is 5.45. The molecule has 0 aliphatic heterocycles. The summed E-state index contributed by atoms with van der Waals surface area (Å²) in [6.45, 7) is 0.975. The van der Waals surface area contributed by atoms with E-state index in [2.05, 4.69) is 15.6 Å². The zero-order valence-electron chi connectivity index (χ0n) is 9.10. The number of thiocarbonyl (C=S) groups is 1. The molecule has 84 valence electrons. The van der Waals surface area contributed by atoms with Crippen LogP contribution in [-0.4, -0.2) is 14.5 Å². The molecular formula is C12H15N3S. The Balaban J connectivity index is 1.97. The van der Waals surface area contributed by atoms with Crippen molar-refractivity contribution in [2.45, 2.75) is 25.8 Å². The van der Waals surface area contributed by atoms with E-state index in [0.29, 0.717) is 4.99 Å². The highest BCUT2D eigenvalue weighted by Gasteiger charge is 2.00. The lowest BCUT2D eigenvalue weighted by atomic mass is 10.2. The van der Waals surface area contributed by atoms with Gasteiger partial charge in [-0.1, -0.05) is 24.4 Å². The minimum atomic E-state index is 0.607. The van der Waals surface area contributed by atoms with E-state index in [1.807, 2.05) is 24.5 Å². The number of imidazole rings is 1. The van der Waals surface area contributed by atoms with Gasteiger partial charge in [0.05, 0.1) is 22.3 Å². The van der Waals surface area contributed by atoms with E-state index in [9.17, 15) is 0 Å². The Labute approximate surface area is 100 Å². The van der Waals surface area contributed by atoms with Crippen LogP contribution in [0, 0.1) is 0 Å². The molecule has 0 amide bonds. The van der Waals surface area contributed by atoms with E-state index in [0.717, 1.165) is 31.3 Å². The lowest BCUT2D eigenvalue weighted by Gasteiger charge is -2.03. The Morgan fingerprint density at radius 3 is 2.94 bits per heavy atom. The number of unbranched alkanes of at least 4 members (excludes halogenated alkanes) is 1. The van der Waals surface area contributed by atoms with E-state index in [-0.39, 0.29) is 0 Å². The molecule has 0 aliphatic rings. The van der Waals surface area contributed by atoms with Crippen molar-refractivity contribution in [3.8, 4) is 0 Å². The normalized spacial score (nSPS) is 10.8. The van der Waals surface area contributed by atoms with E-state index < -0.39 is 0 Å². The van der Waals surface area contributed by atoms with Crippen LogP contribution in [-0.2, 0) is 6.54 Å². The van der Waals surface area contributed by atoms with Crippen molar-refractivity contribution in [1.82, 2.24) is 9.55 Å². The van der Waals surface area contributed by atoms with Crippen LogP contribution >= 0.6 is 12.2 Å². The van der Waals surface area contributed by atoms with Crippen LogP contribution in [0.3, 0.4) is 0 Å². The minimum absolute atomic E-state index is 0.607. The van der Waals surface area contributed by atoms with Gasteiger partial charge < -0.3 is 10.3 Å². The molecule has 0 fully saturated rings. The van der Waals surface area contributed by atoms with Crippen molar-refractivity contribution >= 4 is 28.2 Å². The van der Waals surface area contributed by atoms with Gasteiger partial charge in [-0.3, -0.25) is 0 Å². The number of nitrogens with zero attached hydrogens (tertiary/aromatic N) is 2. The first kappa shape index (κ1) is 11.1. The first-order chi connectivity index (χ1) is 7.77. The summed E-state index contributed by atoms with van der Waals surface area (Å²) >= 11 is 4.84. The predicted molar refractivity (Wildman–Crippen MR) is 70.4 cm³/mol. The van der Waals surface area contributed by atoms with Crippen molar-refractivity contribution in [2.75, 3.05) is 0 Å². The molecule has 16 heavy (non-hydrogen) atoms. The Bertz CT molecular complexity index is 490. The van der Waals surface area contributed by atoms with E-state index in [1.54, 1.807) is 0 Å². The van der Waals surface area contributed by atoms with Crippen LogP contribution in [0.4, 0.5) is 0 Å². The summed E-state index contributed by atoms with van der Waals surface area (Å²) in [6, 6.07) is 8.17. The molecule has 3 nitrogen and oxygen atoms in total. The summed E-state index contributed by atoms with van der Waals surface area (Å²) in [5, 5.41) is 0. The number of aryl methyl sites for hydroxylation is 1. The van der Waals surface area contributed by atoms with Crippen molar-refractivity contribution in [3.05, 3.63) is 30.6 Å². The number of nitrogens with two attached hydrogens (primary N) is 1. The lowest BCUT2D eigenvalue weighted by molar-refractivity contribution is 0.632. The van der Waals surface area contributed by atoms with Crippen molar-refractivity contribution in [3.63, 3.8) is 0 Å². The molecule has 1 aromatic carbocycles. The van der Waals surface area contributed by atoms with Crippen molar-refractivity contribution in [2.24, 2.45) is 5.73 Å².